The highest BCUT2D eigenvalue weighted by molar-refractivity contribution is 6.24. The third-order valence-electron chi connectivity index (χ3n) is 11.0. The smallest absolute Gasteiger partial charge is 0.343 e. The van der Waals surface area contributed by atoms with Gasteiger partial charge in [0.05, 0.1) is 50.4 Å². The van der Waals surface area contributed by atoms with Crippen LogP contribution in [0.4, 0.5) is 0 Å². The maximum absolute atomic E-state index is 14.0. The molecule has 5 aromatic carbocycles. The van der Waals surface area contributed by atoms with Crippen LogP contribution in [0.1, 0.15) is 51.3 Å². The highest BCUT2D eigenvalue weighted by Crippen LogP contribution is 2.37. The van der Waals surface area contributed by atoms with E-state index in [4.69, 9.17) is 56.8 Å². The summed E-state index contributed by atoms with van der Waals surface area (Å²) in [6.07, 6.45) is 3.28. The molecule has 18 nitrogen and oxygen atoms in total. The summed E-state index contributed by atoms with van der Waals surface area (Å²) in [4.78, 5) is 50.9. The number of ether oxygens (including phenoxy) is 12. The topological polar surface area (TPSA) is 204 Å². The summed E-state index contributed by atoms with van der Waals surface area (Å²) < 4.78 is 66.9. The van der Waals surface area contributed by atoms with Crippen molar-refractivity contribution in [1.29, 1.82) is 0 Å². The number of fused-ring (bicyclic) bond motifs is 3. The quantitative estimate of drug-likeness (QED) is 0.0115. The second kappa shape index (κ2) is 22.5. The molecule has 71 heavy (non-hydrogen) atoms. The molecule has 1 aliphatic carbocycles. The van der Waals surface area contributed by atoms with Gasteiger partial charge < -0.3 is 56.8 Å². The molecule has 2 heterocycles. The van der Waals surface area contributed by atoms with Crippen molar-refractivity contribution < 1.29 is 76.0 Å². The molecule has 8 rings (SSSR count). The number of esters is 4. The van der Waals surface area contributed by atoms with E-state index in [1.54, 1.807) is 6.07 Å². The monoisotopic (exact) mass is 968 g/mol. The highest BCUT2D eigenvalue weighted by atomic mass is 16.7. The van der Waals surface area contributed by atoms with Gasteiger partial charge in [-0.1, -0.05) is 68.6 Å². The Morgan fingerprint density at radius 1 is 0.592 bits per heavy atom. The SMILES string of the molecule is C=CC(=O)OCOc1ccc(C(=O)Oc2ccc(OC(=O)c3ccc(OCOC4(C)COC4)c(OCOCC4(C)COC4)c3)c(/C=N/N=C3c4ccccc4-c4ccccc43)c2)cc1OCOC(=O)C=C. The Morgan fingerprint density at radius 3 is 1.66 bits per heavy atom. The molecule has 366 valence electrons. The number of nitrogens with zero attached hydrogens (tertiary/aromatic N) is 2. The fraction of sp³-hybridized carbons (Fsp3) is 0.245. The van der Waals surface area contributed by atoms with Crippen LogP contribution in [-0.4, -0.2) is 102 Å². The molecule has 0 aromatic heterocycles. The number of carbonyl (C=O) groups is 4. The molecular formula is C53H48N2O16. The fourth-order valence-corrected chi connectivity index (χ4v) is 7.15. The molecule has 18 heteroatoms. The highest BCUT2D eigenvalue weighted by Gasteiger charge is 2.35. The average molecular weight is 969 g/mol. The van der Waals surface area contributed by atoms with Gasteiger partial charge in [0.2, 0.25) is 13.6 Å². The molecule has 0 unspecified atom stereocenters. The van der Waals surface area contributed by atoms with Crippen molar-refractivity contribution in [2.24, 2.45) is 15.6 Å². The molecule has 2 aliphatic heterocycles. The number of hydrogen-bond acceptors (Lipinski definition) is 18. The first-order valence-electron chi connectivity index (χ1n) is 22.1. The van der Waals surface area contributed by atoms with Crippen molar-refractivity contribution in [2.75, 3.05) is 60.2 Å². The van der Waals surface area contributed by atoms with E-state index >= 15 is 0 Å². The van der Waals surface area contributed by atoms with E-state index in [0.29, 0.717) is 44.5 Å². The molecular weight excluding hydrogens is 921 g/mol. The van der Waals surface area contributed by atoms with Gasteiger partial charge in [-0.3, -0.25) is 0 Å². The van der Waals surface area contributed by atoms with E-state index < -0.39 is 43.1 Å². The van der Waals surface area contributed by atoms with Crippen LogP contribution < -0.4 is 28.4 Å². The van der Waals surface area contributed by atoms with E-state index in [1.807, 2.05) is 62.4 Å². The molecule has 2 saturated heterocycles. The molecule has 0 atom stereocenters. The van der Waals surface area contributed by atoms with Crippen LogP contribution in [0, 0.1) is 5.41 Å². The molecule has 0 N–H and O–H groups in total. The predicted molar refractivity (Wildman–Crippen MR) is 254 cm³/mol. The minimum absolute atomic E-state index is 0.0129. The zero-order chi connectivity index (χ0) is 49.8. The summed E-state index contributed by atoms with van der Waals surface area (Å²) in [6.45, 7) is 11.7. The van der Waals surface area contributed by atoms with Crippen LogP contribution in [0.5, 0.6) is 34.5 Å². The number of benzene rings is 5. The van der Waals surface area contributed by atoms with E-state index in [-0.39, 0.29) is 64.4 Å². The average Bonchev–Trinajstić information content (AvgIpc) is 3.68. The Bertz CT molecular complexity index is 2840. The molecule has 2 fully saturated rings. The molecule has 0 saturated carbocycles. The predicted octanol–water partition coefficient (Wildman–Crippen LogP) is 7.64. The lowest BCUT2D eigenvalue weighted by molar-refractivity contribution is -0.222. The van der Waals surface area contributed by atoms with E-state index in [1.165, 1.54) is 54.7 Å². The van der Waals surface area contributed by atoms with Crippen LogP contribution in [0.15, 0.2) is 139 Å². The number of hydrogen-bond donors (Lipinski definition) is 0. The van der Waals surface area contributed by atoms with Gasteiger partial charge in [-0.2, -0.15) is 5.10 Å². The number of carbonyl (C=O) groups excluding carboxylic acids is 4. The Balaban J connectivity index is 1.05. The van der Waals surface area contributed by atoms with Crippen molar-refractivity contribution in [3.8, 4) is 45.6 Å². The first kappa shape index (κ1) is 49.3. The lowest BCUT2D eigenvalue weighted by atomic mass is 9.90. The van der Waals surface area contributed by atoms with Gasteiger partial charge in [0.25, 0.3) is 0 Å². The summed E-state index contributed by atoms with van der Waals surface area (Å²) in [5.74, 6) is -2.55. The van der Waals surface area contributed by atoms with Gasteiger partial charge in [-0.15, -0.1) is 5.10 Å². The fourth-order valence-electron chi connectivity index (χ4n) is 7.15. The van der Waals surface area contributed by atoms with Crippen molar-refractivity contribution in [3.63, 3.8) is 0 Å². The first-order valence-corrected chi connectivity index (χ1v) is 22.1. The summed E-state index contributed by atoms with van der Waals surface area (Å²) in [5, 5.41) is 9.06. The first-order chi connectivity index (χ1) is 34.4. The van der Waals surface area contributed by atoms with E-state index in [2.05, 4.69) is 23.4 Å². The molecule has 5 aromatic rings. The molecule has 0 bridgehead atoms. The number of rotatable bonds is 23. The Hall–Kier alpha value is -8.16. The molecule has 0 amide bonds. The van der Waals surface area contributed by atoms with Gasteiger partial charge in [0.15, 0.2) is 36.6 Å². The lowest BCUT2D eigenvalue weighted by Gasteiger charge is -2.37. The van der Waals surface area contributed by atoms with Crippen molar-refractivity contribution in [1.82, 2.24) is 0 Å². The Labute approximate surface area is 407 Å². The van der Waals surface area contributed by atoms with Gasteiger partial charge in [0.1, 0.15) is 22.8 Å². The third-order valence-corrected chi connectivity index (χ3v) is 11.0. The van der Waals surface area contributed by atoms with Crippen molar-refractivity contribution in [2.45, 2.75) is 19.4 Å². The summed E-state index contributed by atoms with van der Waals surface area (Å²) in [6, 6.07) is 28.6. The van der Waals surface area contributed by atoms with Gasteiger partial charge in [0, 0.05) is 34.3 Å². The minimum atomic E-state index is -0.843. The maximum atomic E-state index is 14.0. The normalized spacial score (nSPS) is 14.6. The molecule has 0 radical (unpaired) electrons. The van der Waals surface area contributed by atoms with Crippen LogP contribution >= 0.6 is 0 Å². The standard InChI is InChI=1S/C53H48N2O16/c1-5-47(56)67-31-64-43-18-15-34(22-46(43)65-32-68-48(57)6-2)50(58)70-37-17-20-42(36(21-37)24-54-55-49-40-13-9-7-11-38(40)39-12-8-10-14-41(39)49)71-51(59)35-16-19-44(66-33-69-53(4)28-61-29-53)45(23-35)63-30-62-27-52(3)25-60-26-52/h5-24H,1-2,25-33H2,3-4H3/b54-24+. The second-order valence-electron chi connectivity index (χ2n) is 16.7. The third kappa shape index (κ3) is 12.4. The van der Waals surface area contributed by atoms with Crippen LogP contribution in [0.25, 0.3) is 11.1 Å². The van der Waals surface area contributed by atoms with Crippen molar-refractivity contribution >= 4 is 35.8 Å². The van der Waals surface area contributed by atoms with Crippen LogP contribution in [-0.2, 0) is 38.0 Å². The van der Waals surface area contributed by atoms with E-state index in [9.17, 15) is 19.2 Å². The van der Waals surface area contributed by atoms with Crippen LogP contribution in [0.3, 0.4) is 0 Å². The minimum Gasteiger partial charge on any atom is -0.464 e. The Kier molecular flexibility index (Phi) is 15.6. The molecule has 0 spiro atoms. The summed E-state index contributed by atoms with van der Waals surface area (Å²) in [7, 11) is 0. The van der Waals surface area contributed by atoms with Gasteiger partial charge in [-0.25, -0.2) is 19.2 Å². The van der Waals surface area contributed by atoms with Gasteiger partial charge in [-0.05, 0) is 72.6 Å². The zero-order valence-corrected chi connectivity index (χ0v) is 38.8. The largest absolute Gasteiger partial charge is 0.464 e. The van der Waals surface area contributed by atoms with Gasteiger partial charge >= 0.3 is 23.9 Å². The van der Waals surface area contributed by atoms with E-state index in [0.717, 1.165) is 34.4 Å². The molecule has 3 aliphatic rings. The Morgan fingerprint density at radius 2 is 1.11 bits per heavy atom. The van der Waals surface area contributed by atoms with Crippen molar-refractivity contribution in [3.05, 3.63) is 156 Å². The summed E-state index contributed by atoms with van der Waals surface area (Å²) in [5.41, 5.74) is 4.12. The summed E-state index contributed by atoms with van der Waals surface area (Å²) >= 11 is 0. The lowest BCUT2D eigenvalue weighted by Crippen LogP contribution is -2.49. The maximum Gasteiger partial charge on any atom is 0.343 e. The second-order valence-corrected chi connectivity index (χ2v) is 16.7. The van der Waals surface area contributed by atoms with Crippen LogP contribution in [0.2, 0.25) is 0 Å². The zero-order valence-electron chi connectivity index (χ0n) is 38.8.